The SMILES string of the molecule is CN(Cc1ccc(C(F)(F)F)c(F)c1)[C@@H]1CN(C(=O)c2cccnc2)C[C@@H]1c1ccc(Cl)c(Cl)c1. The van der Waals surface area contributed by atoms with Crippen molar-refractivity contribution < 1.29 is 22.4 Å². The zero-order valence-corrected chi connectivity index (χ0v) is 20.1. The van der Waals surface area contributed by atoms with Crippen molar-refractivity contribution in [3.8, 4) is 0 Å². The van der Waals surface area contributed by atoms with E-state index in [1.807, 2.05) is 11.0 Å². The molecule has 1 aliphatic rings. The molecular weight excluding hydrogens is 505 g/mol. The summed E-state index contributed by atoms with van der Waals surface area (Å²) in [4.78, 5) is 20.7. The largest absolute Gasteiger partial charge is 0.419 e. The predicted molar refractivity (Wildman–Crippen MR) is 126 cm³/mol. The van der Waals surface area contributed by atoms with Crippen LogP contribution in [0.5, 0.6) is 0 Å². The van der Waals surface area contributed by atoms with Crippen LogP contribution in [0.1, 0.15) is 33.0 Å². The van der Waals surface area contributed by atoms with E-state index < -0.39 is 17.6 Å². The Morgan fingerprint density at radius 1 is 1.11 bits per heavy atom. The number of aromatic nitrogens is 1. The highest BCUT2D eigenvalue weighted by Crippen LogP contribution is 2.36. The fraction of sp³-hybridized carbons (Fsp3) is 0.280. The Balaban J connectivity index is 1.61. The predicted octanol–water partition coefficient (Wildman–Crippen LogP) is 6.29. The van der Waals surface area contributed by atoms with E-state index in [1.165, 1.54) is 12.3 Å². The number of likely N-dealkylation sites (N-methyl/N-ethyl adjacent to an activating group) is 1. The van der Waals surface area contributed by atoms with E-state index in [0.717, 1.165) is 17.7 Å². The van der Waals surface area contributed by atoms with Gasteiger partial charge in [-0.3, -0.25) is 14.7 Å². The van der Waals surface area contributed by atoms with E-state index in [4.69, 9.17) is 23.2 Å². The molecule has 4 nitrogen and oxygen atoms in total. The summed E-state index contributed by atoms with van der Waals surface area (Å²) in [6.07, 6.45) is -1.68. The first-order valence-electron chi connectivity index (χ1n) is 10.7. The number of pyridine rings is 1. The lowest BCUT2D eigenvalue weighted by molar-refractivity contribution is -0.140. The molecule has 2 atom stereocenters. The monoisotopic (exact) mass is 525 g/mol. The van der Waals surface area contributed by atoms with Gasteiger partial charge in [-0.1, -0.05) is 35.3 Å². The lowest BCUT2D eigenvalue weighted by Crippen LogP contribution is -2.38. The molecule has 0 unspecified atom stereocenters. The quantitative estimate of drug-likeness (QED) is 0.367. The lowest BCUT2D eigenvalue weighted by atomic mass is 9.93. The molecule has 1 fully saturated rings. The highest BCUT2D eigenvalue weighted by Gasteiger charge is 2.39. The van der Waals surface area contributed by atoms with Gasteiger partial charge in [0.2, 0.25) is 0 Å². The Morgan fingerprint density at radius 3 is 2.51 bits per heavy atom. The van der Waals surface area contributed by atoms with Crippen LogP contribution in [-0.2, 0) is 12.7 Å². The molecule has 2 heterocycles. The minimum Gasteiger partial charge on any atom is -0.336 e. The van der Waals surface area contributed by atoms with Crippen LogP contribution in [0.25, 0.3) is 0 Å². The van der Waals surface area contributed by atoms with E-state index >= 15 is 0 Å². The number of nitrogens with zero attached hydrogens (tertiary/aromatic N) is 3. The van der Waals surface area contributed by atoms with Crippen molar-refractivity contribution in [1.29, 1.82) is 0 Å². The maximum atomic E-state index is 14.1. The maximum Gasteiger partial charge on any atom is 0.419 e. The van der Waals surface area contributed by atoms with Crippen molar-refractivity contribution in [3.05, 3.63) is 99.0 Å². The first-order chi connectivity index (χ1) is 16.5. The van der Waals surface area contributed by atoms with Crippen molar-refractivity contribution in [2.45, 2.75) is 24.7 Å². The molecule has 0 radical (unpaired) electrons. The Bertz CT molecular complexity index is 1220. The molecule has 0 saturated carbocycles. The molecule has 2 aromatic carbocycles. The molecule has 35 heavy (non-hydrogen) atoms. The number of carbonyl (C=O) groups is 1. The van der Waals surface area contributed by atoms with Gasteiger partial charge >= 0.3 is 6.18 Å². The van der Waals surface area contributed by atoms with Gasteiger partial charge < -0.3 is 4.90 Å². The van der Waals surface area contributed by atoms with E-state index in [2.05, 4.69) is 4.98 Å². The molecular formula is C25H21Cl2F4N3O. The summed E-state index contributed by atoms with van der Waals surface area (Å²) in [5.74, 6) is -1.65. The lowest BCUT2D eigenvalue weighted by Gasteiger charge is -2.29. The smallest absolute Gasteiger partial charge is 0.336 e. The third-order valence-corrected chi connectivity index (χ3v) is 6.93. The Hall–Kier alpha value is -2.68. The molecule has 1 aromatic heterocycles. The summed E-state index contributed by atoms with van der Waals surface area (Å²) in [5.41, 5.74) is 0.416. The van der Waals surface area contributed by atoms with Gasteiger partial charge in [0.05, 0.1) is 21.2 Å². The van der Waals surface area contributed by atoms with E-state index in [-0.39, 0.29) is 24.4 Å². The molecule has 0 bridgehead atoms. The zero-order valence-electron chi connectivity index (χ0n) is 18.6. The normalized spacial score (nSPS) is 18.3. The van der Waals surface area contributed by atoms with Crippen molar-refractivity contribution >= 4 is 29.1 Å². The molecule has 1 saturated heterocycles. The first kappa shape index (κ1) is 25.4. The number of rotatable bonds is 5. The average Bonchev–Trinajstić information content (AvgIpc) is 3.26. The molecule has 1 aliphatic heterocycles. The second-order valence-corrected chi connectivity index (χ2v) is 9.34. The van der Waals surface area contributed by atoms with Gasteiger partial charge in [-0.25, -0.2) is 4.39 Å². The number of alkyl halides is 3. The summed E-state index contributed by atoms with van der Waals surface area (Å²) in [6.45, 7) is 0.937. The summed E-state index contributed by atoms with van der Waals surface area (Å²) < 4.78 is 52.9. The Kier molecular flexibility index (Phi) is 7.35. The highest BCUT2D eigenvalue weighted by atomic mass is 35.5. The van der Waals surface area contributed by atoms with Gasteiger partial charge in [0, 0.05) is 44.0 Å². The van der Waals surface area contributed by atoms with Crippen molar-refractivity contribution in [1.82, 2.24) is 14.8 Å². The number of benzene rings is 2. The van der Waals surface area contributed by atoms with Gasteiger partial charge in [-0.2, -0.15) is 13.2 Å². The van der Waals surface area contributed by atoms with E-state index in [1.54, 1.807) is 42.4 Å². The fourth-order valence-corrected chi connectivity index (χ4v) is 4.74. The molecule has 1 amide bonds. The molecule has 4 rings (SSSR count). The maximum absolute atomic E-state index is 14.1. The molecule has 10 heteroatoms. The third-order valence-electron chi connectivity index (χ3n) is 6.19. The second-order valence-electron chi connectivity index (χ2n) is 8.53. The Labute approximate surface area is 210 Å². The topological polar surface area (TPSA) is 36.4 Å². The van der Waals surface area contributed by atoms with Gasteiger partial charge in [0.1, 0.15) is 5.82 Å². The van der Waals surface area contributed by atoms with Gasteiger partial charge in [0.25, 0.3) is 5.91 Å². The number of hydrogen-bond donors (Lipinski definition) is 0. The molecule has 0 aliphatic carbocycles. The molecule has 3 aromatic rings. The van der Waals surface area contributed by atoms with Crippen molar-refractivity contribution in [2.75, 3.05) is 20.1 Å². The van der Waals surface area contributed by atoms with Crippen LogP contribution in [0.2, 0.25) is 10.0 Å². The highest BCUT2D eigenvalue weighted by molar-refractivity contribution is 6.42. The number of carbonyl (C=O) groups excluding carboxylic acids is 1. The average molecular weight is 526 g/mol. The van der Waals surface area contributed by atoms with Gasteiger partial charge in [-0.05, 0) is 54.6 Å². The summed E-state index contributed by atoms with van der Waals surface area (Å²) in [6, 6.07) is 11.4. The van der Waals surface area contributed by atoms with Crippen LogP contribution in [0.4, 0.5) is 17.6 Å². The van der Waals surface area contributed by atoms with Crippen molar-refractivity contribution in [2.24, 2.45) is 0 Å². The minimum absolute atomic E-state index is 0.158. The van der Waals surface area contributed by atoms with Crippen LogP contribution in [-0.4, -0.2) is 46.9 Å². The van der Waals surface area contributed by atoms with Crippen LogP contribution in [0.15, 0.2) is 60.9 Å². The number of halogens is 6. The van der Waals surface area contributed by atoms with Gasteiger partial charge in [0.15, 0.2) is 0 Å². The van der Waals surface area contributed by atoms with Crippen LogP contribution >= 0.6 is 23.2 Å². The zero-order chi connectivity index (χ0) is 25.3. The number of likely N-dealkylation sites (tertiary alicyclic amines) is 1. The fourth-order valence-electron chi connectivity index (χ4n) is 4.43. The number of hydrogen-bond acceptors (Lipinski definition) is 3. The number of amides is 1. The van der Waals surface area contributed by atoms with E-state index in [9.17, 15) is 22.4 Å². The first-order valence-corrected chi connectivity index (χ1v) is 11.5. The van der Waals surface area contributed by atoms with Gasteiger partial charge in [-0.15, -0.1) is 0 Å². The van der Waals surface area contributed by atoms with E-state index in [0.29, 0.717) is 34.3 Å². The summed E-state index contributed by atoms with van der Waals surface area (Å²) >= 11 is 12.3. The summed E-state index contributed by atoms with van der Waals surface area (Å²) in [7, 11) is 1.79. The summed E-state index contributed by atoms with van der Waals surface area (Å²) in [5, 5.41) is 0.786. The minimum atomic E-state index is -4.76. The van der Waals surface area contributed by atoms with Crippen LogP contribution in [0.3, 0.4) is 0 Å². The van der Waals surface area contributed by atoms with Crippen LogP contribution in [0, 0.1) is 5.82 Å². The molecule has 184 valence electrons. The Morgan fingerprint density at radius 2 is 1.89 bits per heavy atom. The molecule has 0 spiro atoms. The molecule has 0 N–H and O–H groups in total. The second kappa shape index (κ2) is 10.1. The third kappa shape index (κ3) is 5.60. The van der Waals surface area contributed by atoms with Crippen LogP contribution < -0.4 is 0 Å². The van der Waals surface area contributed by atoms with Crippen molar-refractivity contribution in [3.63, 3.8) is 0 Å². The standard InChI is InChI=1S/C25H21Cl2F4N3O/c1-33(12-15-4-6-19(22(28)9-15)25(29,30)31)23-14-34(24(35)17-3-2-8-32-11-17)13-18(23)16-5-7-20(26)21(27)10-16/h2-11,18,23H,12-14H2,1H3/t18-,23-/m1/s1.